The summed E-state index contributed by atoms with van der Waals surface area (Å²) >= 11 is 0. The van der Waals surface area contributed by atoms with Gasteiger partial charge in [-0.3, -0.25) is 0 Å². The van der Waals surface area contributed by atoms with Crippen molar-refractivity contribution in [2.45, 2.75) is 46.0 Å². The summed E-state index contributed by atoms with van der Waals surface area (Å²) in [5.74, 6) is 1.53. The van der Waals surface area contributed by atoms with Gasteiger partial charge in [0.1, 0.15) is 12.4 Å². The van der Waals surface area contributed by atoms with E-state index in [4.69, 9.17) is 9.47 Å². The van der Waals surface area contributed by atoms with E-state index in [9.17, 15) is 0 Å². The minimum Gasteiger partial charge on any atom is -0.491 e. The summed E-state index contributed by atoms with van der Waals surface area (Å²) in [7, 11) is 0. The lowest BCUT2D eigenvalue weighted by Gasteiger charge is -2.15. The maximum atomic E-state index is 5.86. The van der Waals surface area contributed by atoms with Crippen LogP contribution >= 0.6 is 0 Å². The second kappa shape index (κ2) is 11.6. The fourth-order valence-corrected chi connectivity index (χ4v) is 2.12. The van der Waals surface area contributed by atoms with E-state index >= 15 is 0 Å². The van der Waals surface area contributed by atoms with Crippen molar-refractivity contribution in [3.8, 4) is 5.75 Å². The van der Waals surface area contributed by atoms with Gasteiger partial charge in [0.15, 0.2) is 0 Å². The monoisotopic (exact) mass is 293 g/mol. The van der Waals surface area contributed by atoms with Crippen LogP contribution in [-0.2, 0) is 4.74 Å². The van der Waals surface area contributed by atoms with E-state index in [0.717, 1.165) is 31.9 Å². The smallest absolute Gasteiger partial charge is 0.122 e. The summed E-state index contributed by atoms with van der Waals surface area (Å²) in [5.41, 5.74) is 1.29. The van der Waals surface area contributed by atoms with E-state index in [2.05, 4.69) is 38.2 Å². The topological polar surface area (TPSA) is 30.5 Å². The van der Waals surface area contributed by atoms with Crippen LogP contribution in [-0.4, -0.2) is 32.9 Å². The van der Waals surface area contributed by atoms with Crippen LogP contribution in [0.3, 0.4) is 0 Å². The molecule has 0 bridgehead atoms. The van der Waals surface area contributed by atoms with Crippen molar-refractivity contribution in [2.24, 2.45) is 0 Å². The molecule has 21 heavy (non-hydrogen) atoms. The summed E-state index contributed by atoms with van der Waals surface area (Å²) in [6.07, 6.45) is 3.59. The third kappa shape index (κ3) is 7.49. The number of unbranched alkanes of at least 4 members (excludes halogenated alkanes) is 1. The Morgan fingerprint density at radius 2 is 1.86 bits per heavy atom. The molecule has 1 unspecified atom stereocenters. The van der Waals surface area contributed by atoms with Gasteiger partial charge in [-0.15, -0.1) is 0 Å². The predicted octanol–water partition coefficient (Wildman–Crippen LogP) is 3.99. The second-order valence-electron chi connectivity index (χ2n) is 5.41. The lowest BCUT2D eigenvalue weighted by molar-refractivity contribution is 0.101. The highest BCUT2D eigenvalue weighted by molar-refractivity contribution is 5.35. The SMILES string of the molecule is CCCCNCCOCCOc1ccccc1C(C)CC. The lowest BCUT2D eigenvalue weighted by Crippen LogP contribution is -2.21. The molecule has 3 nitrogen and oxygen atoms in total. The Hall–Kier alpha value is -1.06. The Kier molecular flexibility index (Phi) is 9.92. The molecule has 1 N–H and O–H groups in total. The molecule has 0 saturated carbocycles. The van der Waals surface area contributed by atoms with Gasteiger partial charge in [-0.25, -0.2) is 0 Å². The third-order valence-corrected chi connectivity index (χ3v) is 3.68. The third-order valence-electron chi connectivity index (χ3n) is 3.68. The van der Waals surface area contributed by atoms with E-state index < -0.39 is 0 Å². The van der Waals surface area contributed by atoms with Gasteiger partial charge >= 0.3 is 0 Å². The van der Waals surface area contributed by atoms with Gasteiger partial charge in [-0.1, -0.05) is 45.4 Å². The normalized spacial score (nSPS) is 12.3. The number of ether oxygens (including phenoxy) is 2. The number of rotatable bonds is 12. The molecule has 3 heteroatoms. The van der Waals surface area contributed by atoms with Crippen molar-refractivity contribution in [3.05, 3.63) is 29.8 Å². The first kappa shape index (κ1) is 18.0. The zero-order valence-corrected chi connectivity index (χ0v) is 13.9. The zero-order chi connectivity index (χ0) is 15.3. The van der Waals surface area contributed by atoms with Crippen LogP contribution in [0, 0.1) is 0 Å². The Bertz CT molecular complexity index is 368. The van der Waals surface area contributed by atoms with Gasteiger partial charge in [0, 0.05) is 6.54 Å². The molecule has 0 aliphatic carbocycles. The Morgan fingerprint density at radius 1 is 1.05 bits per heavy atom. The van der Waals surface area contributed by atoms with E-state index in [0.29, 0.717) is 19.1 Å². The predicted molar refractivity (Wildman–Crippen MR) is 89.2 cm³/mol. The highest BCUT2D eigenvalue weighted by atomic mass is 16.5. The first-order valence-corrected chi connectivity index (χ1v) is 8.29. The van der Waals surface area contributed by atoms with E-state index in [-0.39, 0.29) is 0 Å². The second-order valence-corrected chi connectivity index (χ2v) is 5.41. The van der Waals surface area contributed by atoms with Crippen molar-refractivity contribution in [1.82, 2.24) is 5.32 Å². The molecule has 0 radical (unpaired) electrons. The minimum absolute atomic E-state index is 0.532. The summed E-state index contributed by atoms with van der Waals surface area (Å²) in [6, 6.07) is 8.31. The highest BCUT2D eigenvalue weighted by Gasteiger charge is 2.08. The van der Waals surface area contributed by atoms with Crippen LogP contribution in [0.4, 0.5) is 0 Å². The quantitative estimate of drug-likeness (QED) is 0.591. The van der Waals surface area contributed by atoms with Gasteiger partial charge < -0.3 is 14.8 Å². The molecule has 1 aromatic rings. The van der Waals surface area contributed by atoms with E-state index in [1.54, 1.807) is 0 Å². The maximum Gasteiger partial charge on any atom is 0.122 e. The molecule has 0 amide bonds. The molecular formula is C18H31NO2. The lowest BCUT2D eigenvalue weighted by atomic mass is 9.98. The molecule has 1 rings (SSSR count). The summed E-state index contributed by atoms with van der Waals surface area (Å²) < 4.78 is 11.4. The van der Waals surface area contributed by atoms with Gasteiger partial charge in [0.2, 0.25) is 0 Å². The van der Waals surface area contributed by atoms with Gasteiger partial charge in [0.25, 0.3) is 0 Å². The molecule has 1 atom stereocenters. The molecule has 0 aliphatic rings. The molecule has 0 spiro atoms. The van der Waals surface area contributed by atoms with Crippen molar-refractivity contribution < 1.29 is 9.47 Å². The molecule has 0 aromatic heterocycles. The van der Waals surface area contributed by atoms with Crippen molar-refractivity contribution >= 4 is 0 Å². The average Bonchev–Trinajstić information content (AvgIpc) is 2.53. The summed E-state index contributed by atoms with van der Waals surface area (Å²) in [6.45, 7) is 10.7. The van der Waals surface area contributed by atoms with Crippen LogP contribution in [0.2, 0.25) is 0 Å². The van der Waals surface area contributed by atoms with Crippen LogP contribution in [0.15, 0.2) is 24.3 Å². The first-order chi connectivity index (χ1) is 10.3. The molecule has 1 aromatic carbocycles. The summed E-state index contributed by atoms with van der Waals surface area (Å²) in [5, 5.41) is 3.36. The van der Waals surface area contributed by atoms with Crippen molar-refractivity contribution in [1.29, 1.82) is 0 Å². The standard InChI is InChI=1S/C18H31NO2/c1-4-6-11-19-12-13-20-14-15-21-18-10-8-7-9-17(18)16(3)5-2/h7-10,16,19H,4-6,11-15H2,1-3H3. The molecule has 0 saturated heterocycles. The van der Waals surface area contributed by atoms with Gasteiger partial charge in [-0.05, 0) is 36.9 Å². The number of benzene rings is 1. The molecule has 0 heterocycles. The highest BCUT2D eigenvalue weighted by Crippen LogP contribution is 2.28. The van der Waals surface area contributed by atoms with Crippen LogP contribution < -0.4 is 10.1 Å². The Morgan fingerprint density at radius 3 is 2.62 bits per heavy atom. The Labute approximate surface area is 130 Å². The number of hydrogen-bond acceptors (Lipinski definition) is 3. The van der Waals surface area contributed by atoms with Crippen LogP contribution in [0.1, 0.15) is 51.5 Å². The summed E-state index contributed by atoms with van der Waals surface area (Å²) in [4.78, 5) is 0. The number of para-hydroxylation sites is 1. The van der Waals surface area contributed by atoms with Crippen LogP contribution in [0.25, 0.3) is 0 Å². The fourth-order valence-electron chi connectivity index (χ4n) is 2.12. The maximum absolute atomic E-state index is 5.86. The van der Waals surface area contributed by atoms with Gasteiger partial charge in [0.05, 0.1) is 13.2 Å². The zero-order valence-electron chi connectivity index (χ0n) is 13.9. The largest absolute Gasteiger partial charge is 0.491 e. The average molecular weight is 293 g/mol. The van der Waals surface area contributed by atoms with E-state index in [1.807, 2.05) is 12.1 Å². The molecule has 120 valence electrons. The number of hydrogen-bond donors (Lipinski definition) is 1. The first-order valence-electron chi connectivity index (χ1n) is 8.29. The Balaban J connectivity index is 2.15. The van der Waals surface area contributed by atoms with Crippen LogP contribution in [0.5, 0.6) is 5.75 Å². The van der Waals surface area contributed by atoms with E-state index in [1.165, 1.54) is 18.4 Å². The number of nitrogens with one attached hydrogen (secondary N) is 1. The fraction of sp³-hybridized carbons (Fsp3) is 0.667. The van der Waals surface area contributed by atoms with Crippen molar-refractivity contribution in [2.75, 3.05) is 32.9 Å². The molecule has 0 aliphatic heterocycles. The van der Waals surface area contributed by atoms with Crippen molar-refractivity contribution in [3.63, 3.8) is 0 Å². The van der Waals surface area contributed by atoms with Gasteiger partial charge in [-0.2, -0.15) is 0 Å². The molecular weight excluding hydrogens is 262 g/mol. The minimum atomic E-state index is 0.532. The molecule has 0 fully saturated rings.